The SMILES string of the molecule is O=S(=O)(Cl)c1cc(C2OCCO2)c(Br)s1. The fourth-order valence-corrected chi connectivity index (χ4v) is 4.29. The van der Waals surface area contributed by atoms with Crippen LogP contribution in [0.3, 0.4) is 0 Å². The Kier molecular flexibility index (Phi) is 3.39. The van der Waals surface area contributed by atoms with Crippen LogP contribution in [-0.4, -0.2) is 21.6 Å². The number of hydrogen-bond donors (Lipinski definition) is 0. The number of thiophene rings is 1. The summed E-state index contributed by atoms with van der Waals surface area (Å²) < 4.78 is 33.4. The van der Waals surface area contributed by atoms with Crippen LogP contribution in [0.1, 0.15) is 11.9 Å². The third-order valence-corrected chi connectivity index (χ3v) is 5.76. The minimum absolute atomic E-state index is 0.0881. The van der Waals surface area contributed by atoms with Crippen LogP contribution in [0.5, 0.6) is 0 Å². The van der Waals surface area contributed by atoms with Crippen LogP contribution in [0, 0.1) is 0 Å². The maximum absolute atomic E-state index is 11.1. The number of ether oxygens (including phenoxy) is 2. The molecule has 0 unspecified atom stereocenters. The van der Waals surface area contributed by atoms with Gasteiger partial charge in [-0.1, -0.05) is 0 Å². The van der Waals surface area contributed by atoms with Crippen LogP contribution in [0.25, 0.3) is 0 Å². The zero-order valence-electron chi connectivity index (χ0n) is 7.27. The molecule has 0 spiro atoms. The van der Waals surface area contributed by atoms with Gasteiger partial charge in [-0.3, -0.25) is 0 Å². The topological polar surface area (TPSA) is 52.6 Å². The Labute approximate surface area is 104 Å². The Bertz CT molecular complexity index is 463. The van der Waals surface area contributed by atoms with Gasteiger partial charge in [-0.2, -0.15) is 0 Å². The van der Waals surface area contributed by atoms with Crippen molar-refractivity contribution in [1.29, 1.82) is 0 Å². The molecular formula is C7H6BrClO4S2. The van der Waals surface area contributed by atoms with Crippen molar-refractivity contribution in [2.45, 2.75) is 10.5 Å². The summed E-state index contributed by atoms with van der Waals surface area (Å²) in [7, 11) is 1.55. The molecule has 0 aromatic carbocycles. The Morgan fingerprint density at radius 1 is 1.47 bits per heavy atom. The molecule has 0 bridgehead atoms. The molecule has 84 valence electrons. The Balaban J connectivity index is 2.37. The monoisotopic (exact) mass is 332 g/mol. The van der Waals surface area contributed by atoms with Crippen LogP contribution < -0.4 is 0 Å². The standard InChI is InChI=1S/C7H6BrClO4S2/c8-6-4(7-12-1-2-13-7)3-5(14-6)15(9,10)11/h3,7H,1-2H2. The van der Waals surface area contributed by atoms with Gasteiger partial charge in [0, 0.05) is 16.2 Å². The van der Waals surface area contributed by atoms with Crippen molar-refractivity contribution < 1.29 is 17.9 Å². The Morgan fingerprint density at radius 3 is 2.53 bits per heavy atom. The summed E-state index contributed by atoms with van der Waals surface area (Å²) >= 11 is 4.30. The molecule has 0 radical (unpaired) electrons. The lowest BCUT2D eigenvalue weighted by atomic mass is 10.3. The van der Waals surface area contributed by atoms with Crippen molar-refractivity contribution in [2.24, 2.45) is 0 Å². The molecular weight excluding hydrogens is 328 g/mol. The first-order valence-electron chi connectivity index (χ1n) is 3.95. The third kappa shape index (κ3) is 2.54. The van der Waals surface area contributed by atoms with E-state index in [1.807, 2.05) is 0 Å². The summed E-state index contributed by atoms with van der Waals surface area (Å²) in [5, 5.41) is 0. The number of rotatable bonds is 2. The van der Waals surface area contributed by atoms with Crippen molar-refractivity contribution >= 4 is 47.0 Å². The first-order chi connectivity index (χ1) is 6.98. The second-order valence-electron chi connectivity index (χ2n) is 2.81. The molecule has 4 nitrogen and oxygen atoms in total. The van der Waals surface area contributed by atoms with Gasteiger partial charge in [0.1, 0.15) is 4.21 Å². The van der Waals surface area contributed by atoms with Crippen LogP contribution in [0.4, 0.5) is 0 Å². The van der Waals surface area contributed by atoms with E-state index in [0.717, 1.165) is 11.3 Å². The maximum atomic E-state index is 11.1. The van der Waals surface area contributed by atoms with E-state index < -0.39 is 15.3 Å². The van der Waals surface area contributed by atoms with E-state index in [-0.39, 0.29) is 4.21 Å². The molecule has 2 rings (SSSR count). The Hall–Kier alpha value is 0.340. The zero-order chi connectivity index (χ0) is 11.1. The lowest BCUT2D eigenvalue weighted by molar-refractivity contribution is -0.0443. The molecule has 1 aliphatic rings. The molecule has 2 heterocycles. The highest BCUT2D eigenvalue weighted by atomic mass is 79.9. The summed E-state index contributed by atoms with van der Waals surface area (Å²) in [6.45, 7) is 1.02. The van der Waals surface area contributed by atoms with E-state index in [9.17, 15) is 8.42 Å². The summed E-state index contributed by atoms with van der Waals surface area (Å²) in [6.07, 6.45) is -0.497. The van der Waals surface area contributed by atoms with Crippen molar-refractivity contribution in [2.75, 3.05) is 13.2 Å². The normalized spacial score (nSPS) is 18.5. The van der Waals surface area contributed by atoms with Gasteiger partial charge < -0.3 is 9.47 Å². The van der Waals surface area contributed by atoms with Crippen molar-refractivity contribution in [3.63, 3.8) is 0 Å². The van der Waals surface area contributed by atoms with Gasteiger partial charge in [0.2, 0.25) is 0 Å². The highest BCUT2D eigenvalue weighted by Gasteiger charge is 2.25. The van der Waals surface area contributed by atoms with E-state index in [1.165, 1.54) is 6.07 Å². The molecule has 1 aromatic rings. The van der Waals surface area contributed by atoms with E-state index in [4.69, 9.17) is 20.2 Å². The van der Waals surface area contributed by atoms with Crippen molar-refractivity contribution in [3.8, 4) is 0 Å². The largest absolute Gasteiger partial charge is 0.346 e. The summed E-state index contributed by atoms with van der Waals surface area (Å²) in [6, 6.07) is 1.47. The second-order valence-corrected chi connectivity index (χ2v) is 7.97. The number of halogens is 2. The Morgan fingerprint density at radius 2 is 2.07 bits per heavy atom. The summed E-state index contributed by atoms with van der Waals surface area (Å²) in [4.78, 5) is 0. The molecule has 1 fully saturated rings. The highest BCUT2D eigenvalue weighted by molar-refractivity contribution is 9.11. The van der Waals surface area contributed by atoms with Crippen LogP contribution in [0.2, 0.25) is 0 Å². The minimum atomic E-state index is -3.68. The second kappa shape index (κ2) is 4.31. The van der Waals surface area contributed by atoms with Gasteiger partial charge in [-0.25, -0.2) is 8.42 Å². The maximum Gasteiger partial charge on any atom is 0.270 e. The molecule has 0 N–H and O–H groups in total. The third-order valence-electron chi connectivity index (χ3n) is 1.81. The van der Waals surface area contributed by atoms with Gasteiger partial charge in [0.05, 0.1) is 17.0 Å². The fourth-order valence-electron chi connectivity index (χ4n) is 1.18. The predicted octanol–water partition coefficient (Wildman–Crippen LogP) is 2.48. The number of hydrogen-bond acceptors (Lipinski definition) is 5. The summed E-state index contributed by atoms with van der Waals surface area (Å²) in [5.41, 5.74) is 0.664. The first-order valence-corrected chi connectivity index (χ1v) is 7.87. The van der Waals surface area contributed by atoms with Crippen LogP contribution >= 0.6 is 37.9 Å². The quantitative estimate of drug-likeness (QED) is 0.780. The molecule has 1 aliphatic heterocycles. The van der Waals surface area contributed by atoms with E-state index in [0.29, 0.717) is 22.6 Å². The van der Waals surface area contributed by atoms with Gasteiger partial charge in [-0.05, 0) is 22.0 Å². The van der Waals surface area contributed by atoms with Crippen molar-refractivity contribution in [3.05, 3.63) is 15.4 Å². The molecule has 1 aromatic heterocycles. The van der Waals surface area contributed by atoms with Gasteiger partial charge in [0.25, 0.3) is 9.05 Å². The average Bonchev–Trinajstić information content (AvgIpc) is 2.69. The van der Waals surface area contributed by atoms with Gasteiger partial charge in [-0.15, -0.1) is 11.3 Å². The van der Waals surface area contributed by atoms with Gasteiger partial charge >= 0.3 is 0 Å². The average molecular weight is 334 g/mol. The lowest BCUT2D eigenvalue weighted by Gasteiger charge is -2.06. The van der Waals surface area contributed by atoms with E-state index in [2.05, 4.69) is 15.9 Å². The summed E-state index contributed by atoms with van der Waals surface area (Å²) in [5.74, 6) is 0. The van der Waals surface area contributed by atoms with Crippen LogP contribution in [0.15, 0.2) is 14.1 Å². The molecule has 1 saturated heterocycles. The smallest absolute Gasteiger partial charge is 0.270 e. The molecule has 0 saturated carbocycles. The first kappa shape index (κ1) is 11.8. The lowest BCUT2D eigenvalue weighted by Crippen LogP contribution is -1.96. The molecule has 8 heteroatoms. The molecule has 0 aliphatic carbocycles. The zero-order valence-corrected chi connectivity index (χ0v) is 11.2. The van der Waals surface area contributed by atoms with Crippen LogP contribution in [-0.2, 0) is 18.5 Å². The fraction of sp³-hybridized carbons (Fsp3) is 0.429. The highest BCUT2D eigenvalue weighted by Crippen LogP contribution is 2.38. The molecule has 15 heavy (non-hydrogen) atoms. The predicted molar refractivity (Wildman–Crippen MR) is 59.7 cm³/mol. The minimum Gasteiger partial charge on any atom is -0.346 e. The van der Waals surface area contributed by atoms with Gasteiger partial charge in [0.15, 0.2) is 6.29 Å². The molecule has 0 amide bonds. The van der Waals surface area contributed by atoms with E-state index >= 15 is 0 Å². The van der Waals surface area contributed by atoms with Crippen molar-refractivity contribution in [1.82, 2.24) is 0 Å². The van der Waals surface area contributed by atoms with E-state index in [1.54, 1.807) is 0 Å². The molecule has 0 atom stereocenters.